The molecule has 2 N–H and O–H groups in total. The normalized spacial score (nSPS) is 8.69. The van der Waals surface area contributed by atoms with E-state index in [0.29, 0.717) is 0 Å². The number of carbonyl (C=O) groups excluding carboxylic acids is 2. The Morgan fingerprint density at radius 1 is 1.69 bits per heavy atom. The molecule has 0 aliphatic rings. The Morgan fingerprint density at radius 3 is 3.08 bits per heavy atom. The van der Waals surface area contributed by atoms with Crippen molar-refractivity contribution in [2.24, 2.45) is 4.99 Å². The highest BCUT2D eigenvalue weighted by molar-refractivity contribution is 5.97. The first-order valence-corrected chi connectivity index (χ1v) is 3.27. The summed E-state index contributed by atoms with van der Waals surface area (Å²) in [5.74, 6) is -0.855. The van der Waals surface area contributed by atoms with Gasteiger partial charge in [0.1, 0.15) is 0 Å². The van der Waals surface area contributed by atoms with Crippen LogP contribution in [-0.2, 0) is 4.79 Å². The lowest BCUT2D eigenvalue weighted by molar-refractivity contribution is 0.0707. The molecule has 6 nitrogen and oxygen atoms in total. The highest BCUT2D eigenvalue weighted by Gasteiger charge is 2.09. The van der Waals surface area contributed by atoms with E-state index in [-0.39, 0.29) is 11.4 Å². The lowest BCUT2D eigenvalue weighted by atomic mass is 10.2. The topological polar surface area (TPSA) is 91.7 Å². The summed E-state index contributed by atoms with van der Waals surface area (Å²) < 4.78 is 0. The number of hydrogen-bond acceptors (Lipinski definition) is 5. The van der Waals surface area contributed by atoms with Crippen LogP contribution in [0.2, 0.25) is 0 Å². The van der Waals surface area contributed by atoms with Crippen molar-refractivity contribution in [1.82, 2.24) is 10.5 Å². The van der Waals surface area contributed by atoms with E-state index in [1.165, 1.54) is 29.9 Å². The van der Waals surface area contributed by atoms with Gasteiger partial charge in [0.25, 0.3) is 5.91 Å². The van der Waals surface area contributed by atoms with Crippen molar-refractivity contribution < 1.29 is 14.8 Å². The molecule has 0 saturated carbocycles. The van der Waals surface area contributed by atoms with Crippen LogP contribution in [0.3, 0.4) is 0 Å². The number of rotatable bonds is 2. The predicted octanol–water partition coefficient (Wildman–Crippen LogP) is 0.168. The van der Waals surface area contributed by atoms with Gasteiger partial charge < -0.3 is 0 Å². The van der Waals surface area contributed by atoms with Gasteiger partial charge in [0, 0.05) is 6.20 Å². The molecule has 0 aliphatic carbocycles. The molecule has 1 aromatic heterocycles. The third-order valence-electron chi connectivity index (χ3n) is 1.28. The summed E-state index contributed by atoms with van der Waals surface area (Å²) in [6.45, 7) is 0. The Kier molecular flexibility index (Phi) is 2.86. The second kappa shape index (κ2) is 4.10. The van der Waals surface area contributed by atoms with E-state index in [9.17, 15) is 9.59 Å². The predicted molar refractivity (Wildman–Crippen MR) is 41.3 cm³/mol. The molecule has 13 heavy (non-hydrogen) atoms. The quantitative estimate of drug-likeness (QED) is 0.293. The van der Waals surface area contributed by atoms with E-state index in [1.807, 2.05) is 0 Å². The molecule has 66 valence electrons. The molecule has 0 unspecified atom stereocenters. The first-order valence-electron chi connectivity index (χ1n) is 3.27. The third kappa shape index (κ3) is 1.96. The zero-order valence-electron chi connectivity index (χ0n) is 6.39. The van der Waals surface area contributed by atoms with Crippen LogP contribution in [0.5, 0.6) is 0 Å². The van der Waals surface area contributed by atoms with Crippen LogP contribution in [0.15, 0.2) is 23.3 Å². The average Bonchev–Trinajstić information content (AvgIpc) is 2.18. The van der Waals surface area contributed by atoms with Crippen LogP contribution in [0.1, 0.15) is 10.4 Å². The van der Waals surface area contributed by atoms with Crippen LogP contribution in [0.25, 0.3) is 0 Å². The third-order valence-corrected chi connectivity index (χ3v) is 1.28. The van der Waals surface area contributed by atoms with Crippen LogP contribution in [0.4, 0.5) is 5.82 Å². The smallest absolute Gasteiger partial charge is 0.278 e. The molecule has 0 atom stereocenters. The molecule has 0 radical (unpaired) electrons. The van der Waals surface area contributed by atoms with E-state index in [2.05, 4.69) is 9.98 Å². The number of hydrogen-bond donors (Lipinski definition) is 2. The van der Waals surface area contributed by atoms with Crippen LogP contribution in [0, 0.1) is 0 Å². The first-order chi connectivity index (χ1) is 6.29. The van der Waals surface area contributed by atoms with Gasteiger partial charge in [0.2, 0.25) is 6.08 Å². The maximum Gasteiger partial charge on any atom is 0.278 e. The van der Waals surface area contributed by atoms with Gasteiger partial charge in [-0.1, -0.05) is 0 Å². The second-order valence-electron chi connectivity index (χ2n) is 2.02. The molecule has 0 aromatic carbocycles. The summed E-state index contributed by atoms with van der Waals surface area (Å²) in [4.78, 5) is 27.7. The number of amides is 1. The monoisotopic (exact) mass is 179 g/mol. The largest absolute Gasteiger partial charge is 0.288 e. The summed E-state index contributed by atoms with van der Waals surface area (Å²) >= 11 is 0. The minimum atomic E-state index is -0.776. The fourth-order valence-electron chi connectivity index (χ4n) is 0.767. The van der Waals surface area contributed by atoms with Gasteiger partial charge >= 0.3 is 0 Å². The molecule has 0 saturated heterocycles. The number of nitrogens with zero attached hydrogens (tertiary/aromatic N) is 2. The van der Waals surface area contributed by atoms with Gasteiger partial charge in [-0.25, -0.2) is 15.3 Å². The van der Waals surface area contributed by atoms with Crippen molar-refractivity contribution >= 4 is 17.8 Å². The molecule has 1 aromatic rings. The minimum absolute atomic E-state index is 0.00773. The van der Waals surface area contributed by atoms with Gasteiger partial charge in [-0.15, -0.1) is 4.99 Å². The van der Waals surface area contributed by atoms with Gasteiger partial charge in [-0.2, -0.15) is 0 Å². The molecule has 0 bridgehead atoms. The van der Waals surface area contributed by atoms with Crippen molar-refractivity contribution in [3.8, 4) is 0 Å². The van der Waals surface area contributed by atoms with Crippen molar-refractivity contribution in [2.45, 2.75) is 0 Å². The molecule has 6 heteroatoms. The fourth-order valence-corrected chi connectivity index (χ4v) is 0.767. The lowest BCUT2D eigenvalue weighted by Crippen LogP contribution is -2.18. The number of carbonyl (C=O) groups is 1. The fraction of sp³-hybridized carbons (Fsp3) is 0. The molecular weight excluding hydrogens is 174 g/mol. The summed E-state index contributed by atoms with van der Waals surface area (Å²) in [6, 6.07) is 2.85. The molecule has 1 amide bonds. The number of aromatic nitrogens is 1. The molecule has 0 spiro atoms. The van der Waals surface area contributed by atoms with Crippen LogP contribution >= 0.6 is 0 Å². The van der Waals surface area contributed by atoms with Crippen molar-refractivity contribution in [3.05, 3.63) is 23.9 Å². The maximum absolute atomic E-state index is 10.9. The lowest BCUT2D eigenvalue weighted by Gasteiger charge is -1.99. The molecule has 1 rings (SSSR count). The van der Waals surface area contributed by atoms with E-state index in [0.717, 1.165) is 0 Å². The van der Waals surface area contributed by atoms with E-state index in [4.69, 9.17) is 5.21 Å². The Balaban J connectivity index is 3.18. The molecular formula is C7H5N3O3. The summed E-state index contributed by atoms with van der Waals surface area (Å²) in [6.07, 6.45) is 2.62. The maximum atomic E-state index is 10.9. The molecule has 0 aliphatic heterocycles. The average molecular weight is 179 g/mol. The number of isocyanates is 1. The standard InChI is InChI=1S/C7H5N3O3/c11-4-9-6-5(7(12)10-13)2-1-3-8-6/h1-3,13H,(H,10,12). The van der Waals surface area contributed by atoms with Gasteiger partial charge in [-0.3, -0.25) is 10.0 Å². The first kappa shape index (κ1) is 9.05. The zero-order valence-corrected chi connectivity index (χ0v) is 6.39. The minimum Gasteiger partial charge on any atom is -0.288 e. The van der Waals surface area contributed by atoms with Gasteiger partial charge in [0.15, 0.2) is 5.82 Å². The number of pyridine rings is 1. The van der Waals surface area contributed by atoms with Crippen LogP contribution < -0.4 is 5.48 Å². The van der Waals surface area contributed by atoms with Crippen molar-refractivity contribution in [3.63, 3.8) is 0 Å². The summed E-state index contributed by atoms with van der Waals surface area (Å²) in [5.41, 5.74) is 1.42. The number of hydroxylamine groups is 1. The Bertz CT molecular complexity index is 371. The van der Waals surface area contributed by atoms with Crippen molar-refractivity contribution in [2.75, 3.05) is 0 Å². The van der Waals surface area contributed by atoms with E-state index < -0.39 is 5.91 Å². The Morgan fingerprint density at radius 2 is 2.46 bits per heavy atom. The Hall–Kier alpha value is -2.04. The highest BCUT2D eigenvalue weighted by atomic mass is 16.5. The zero-order chi connectivity index (χ0) is 9.68. The highest BCUT2D eigenvalue weighted by Crippen LogP contribution is 2.13. The van der Waals surface area contributed by atoms with Crippen molar-refractivity contribution in [1.29, 1.82) is 0 Å². The van der Waals surface area contributed by atoms with E-state index >= 15 is 0 Å². The molecule has 1 heterocycles. The molecule has 0 fully saturated rings. The number of nitrogens with one attached hydrogen (secondary N) is 1. The van der Waals surface area contributed by atoms with Gasteiger partial charge in [-0.05, 0) is 12.1 Å². The Labute approximate surface area is 72.9 Å². The van der Waals surface area contributed by atoms with Gasteiger partial charge in [0.05, 0.1) is 5.56 Å². The summed E-state index contributed by atoms with van der Waals surface area (Å²) in [5, 5.41) is 8.31. The van der Waals surface area contributed by atoms with E-state index in [1.54, 1.807) is 0 Å². The number of aliphatic imine (C=N–C) groups is 1. The summed E-state index contributed by atoms with van der Waals surface area (Å²) in [7, 11) is 0. The SMILES string of the molecule is O=C=Nc1ncccc1C(=O)NO. The second-order valence-corrected chi connectivity index (χ2v) is 2.02. The van der Waals surface area contributed by atoms with Crippen LogP contribution in [-0.4, -0.2) is 22.2 Å².